The maximum Gasteiger partial charge on any atom is 0.271 e. The fourth-order valence-electron chi connectivity index (χ4n) is 2.96. The summed E-state index contributed by atoms with van der Waals surface area (Å²) in [4.78, 5) is 14.2. The molecular weight excluding hydrogens is 254 g/mol. The van der Waals surface area contributed by atoms with Crippen LogP contribution in [-0.4, -0.2) is 44.9 Å². The molecule has 20 heavy (non-hydrogen) atoms. The fraction of sp³-hybridized carbons (Fsp3) is 0.733. The SMILES string of the molecule is CCc1cc(C(=O)N(C)CC2(O)CCCC2)n(CC)n1. The number of aryl methyl sites for hydroxylation is 2. The van der Waals surface area contributed by atoms with Crippen molar-refractivity contribution in [1.82, 2.24) is 14.7 Å². The number of carbonyl (C=O) groups is 1. The van der Waals surface area contributed by atoms with Crippen LogP contribution in [-0.2, 0) is 13.0 Å². The smallest absolute Gasteiger partial charge is 0.271 e. The van der Waals surface area contributed by atoms with Gasteiger partial charge >= 0.3 is 0 Å². The normalized spacial score (nSPS) is 17.4. The highest BCUT2D eigenvalue weighted by atomic mass is 16.3. The molecule has 1 saturated carbocycles. The highest BCUT2D eigenvalue weighted by molar-refractivity contribution is 5.92. The number of aliphatic hydroxyl groups is 1. The van der Waals surface area contributed by atoms with Crippen molar-refractivity contribution in [2.75, 3.05) is 13.6 Å². The molecule has 5 heteroatoms. The second-order valence-corrected chi connectivity index (χ2v) is 5.78. The largest absolute Gasteiger partial charge is 0.388 e. The third-order valence-electron chi connectivity index (χ3n) is 4.12. The predicted octanol–water partition coefficient (Wildman–Crippen LogP) is 1.84. The van der Waals surface area contributed by atoms with E-state index in [2.05, 4.69) is 5.10 Å². The van der Waals surface area contributed by atoms with E-state index >= 15 is 0 Å². The van der Waals surface area contributed by atoms with Crippen LogP contribution in [0.1, 0.15) is 55.7 Å². The quantitative estimate of drug-likeness (QED) is 0.894. The number of likely N-dealkylation sites (N-methyl/N-ethyl adjacent to an activating group) is 1. The van der Waals surface area contributed by atoms with Crippen LogP contribution >= 0.6 is 0 Å². The van der Waals surface area contributed by atoms with Crippen LogP contribution in [0.4, 0.5) is 0 Å². The Balaban J connectivity index is 2.11. The summed E-state index contributed by atoms with van der Waals surface area (Å²) in [6.45, 7) is 5.09. The molecule has 1 aromatic heterocycles. The summed E-state index contributed by atoms with van der Waals surface area (Å²) in [5.74, 6) is -0.0561. The first-order valence-corrected chi connectivity index (χ1v) is 7.53. The van der Waals surface area contributed by atoms with Crippen molar-refractivity contribution in [3.63, 3.8) is 0 Å². The third-order valence-corrected chi connectivity index (χ3v) is 4.12. The predicted molar refractivity (Wildman–Crippen MR) is 77.7 cm³/mol. The van der Waals surface area contributed by atoms with Gasteiger partial charge in [0.1, 0.15) is 5.69 Å². The van der Waals surface area contributed by atoms with Gasteiger partial charge < -0.3 is 10.0 Å². The Kier molecular flexibility index (Phi) is 4.48. The van der Waals surface area contributed by atoms with Gasteiger partial charge in [-0.1, -0.05) is 19.8 Å². The van der Waals surface area contributed by atoms with Gasteiger partial charge in [0.05, 0.1) is 11.3 Å². The first kappa shape index (κ1) is 15.0. The van der Waals surface area contributed by atoms with E-state index in [-0.39, 0.29) is 5.91 Å². The minimum atomic E-state index is -0.699. The Labute approximate surface area is 120 Å². The number of aromatic nitrogens is 2. The van der Waals surface area contributed by atoms with Gasteiger partial charge in [-0.15, -0.1) is 0 Å². The zero-order chi connectivity index (χ0) is 14.8. The van der Waals surface area contributed by atoms with Crippen molar-refractivity contribution in [3.8, 4) is 0 Å². The molecule has 0 bridgehead atoms. The summed E-state index contributed by atoms with van der Waals surface area (Å²) in [5.41, 5.74) is 0.853. The van der Waals surface area contributed by atoms with Gasteiger partial charge in [-0.05, 0) is 32.3 Å². The lowest BCUT2D eigenvalue weighted by molar-refractivity contribution is 0.0152. The molecule has 5 nitrogen and oxygen atoms in total. The van der Waals surface area contributed by atoms with E-state index in [9.17, 15) is 9.90 Å². The van der Waals surface area contributed by atoms with Crippen molar-refractivity contribution < 1.29 is 9.90 Å². The molecule has 0 unspecified atom stereocenters. The molecule has 1 N–H and O–H groups in total. The number of carbonyl (C=O) groups excluding carboxylic acids is 1. The van der Waals surface area contributed by atoms with E-state index in [1.807, 2.05) is 19.9 Å². The molecule has 1 amide bonds. The molecule has 1 aliphatic rings. The van der Waals surface area contributed by atoms with Crippen LogP contribution in [0.15, 0.2) is 6.07 Å². The van der Waals surface area contributed by atoms with E-state index in [4.69, 9.17) is 0 Å². The van der Waals surface area contributed by atoms with Gasteiger partial charge in [0, 0.05) is 20.1 Å². The second kappa shape index (κ2) is 5.95. The monoisotopic (exact) mass is 279 g/mol. The molecule has 0 radical (unpaired) electrons. The zero-order valence-electron chi connectivity index (χ0n) is 12.7. The van der Waals surface area contributed by atoms with Gasteiger partial charge in [-0.2, -0.15) is 5.10 Å². The van der Waals surface area contributed by atoms with E-state index < -0.39 is 5.60 Å². The summed E-state index contributed by atoms with van der Waals surface area (Å²) < 4.78 is 1.75. The highest BCUT2D eigenvalue weighted by Gasteiger charge is 2.34. The maximum atomic E-state index is 12.5. The molecule has 1 aromatic rings. The molecule has 0 aliphatic heterocycles. The van der Waals surface area contributed by atoms with Crippen molar-refractivity contribution in [2.24, 2.45) is 0 Å². The molecule has 1 aliphatic carbocycles. The fourth-order valence-corrected chi connectivity index (χ4v) is 2.96. The van der Waals surface area contributed by atoms with Gasteiger partial charge in [0.15, 0.2) is 0 Å². The minimum Gasteiger partial charge on any atom is -0.388 e. The van der Waals surface area contributed by atoms with Crippen molar-refractivity contribution in [1.29, 1.82) is 0 Å². The topological polar surface area (TPSA) is 58.4 Å². The lowest BCUT2D eigenvalue weighted by Crippen LogP contribution is -2.42. The second-order valence-electron chi connectivity index (χ2n) is 5.78. The Morgan fingerprint density at radius 3 is 2.65 bits per heavy atom. The summed E-state index contributed by atoms with van der Waals surface area (Å²) in [6.07, 6.45) is 4.49. The Morgan fingerprint density at radius 1 is 1.45 bits per heavy atom. The number of hydrogen-bond donors (Lipinski definition) is 1. The standard InChI is InChI=1S/C15H25N3O2/c1-4-12-10-13(18(5-2)16-12)14(19)17(3)11-15(20)8-6-7-9-15/h10,20H,4-9,11H2,1-3H3. The molecule has 1 fully saturated rings. The summed E-state index contributed by atoms with van der Waals surface area (Å²) >= 11 is 0. The summed E-state index contributed by atoms with van der Waals surface area (Å²) in [6, 6.07) is 1.86. The van der Waals surface area contributed by atoms with Crippen LogP contribution in [0.2, 0.25) is 0 Å². The molecule has 0 atom stereocenters. The van der Waals surface area contributed by atoms with E-state index in [1.165, 1.54) is 0 Å². The van der Waals surface area contributed by atoms with Crippen LogP contribution in [0.5, 0.6) is 0 Å². The number of rotatable bonds is 5. The average Bonchev–Trinajstić information content (AvgIpc) is 3.03. The molecule has 0 saturated heterocycles. The highest BCUT2D eigenvalue weighted by Crippen LogP contribution is 2.30. The van der Waals surface area contributed by atoms with Gasteiger partial charge in [0.25, 0.3) is 5.91 Å². The van der Waals surface area contributed by atoms with Crippen molar-refractivity contribution >= 4 is 5.91 Å². The summed E-state index contributed by atoms with van der Waals surface area (Å²) in [5, 5.41) is 14.8. The number of hydrogen-bond acceptors (Lipinski definition) is 3. The Bertz CT molecular complexity index is 475. The van der Waals surface area contributed by atoms with Crippen LogP contribution in [0.3, 0.4) is 0 Å². The van der Waals surface area contributed by atoms with Gasteiger partial charge in [-0.3, -0.25) is 9.48 Å². The molecule has 0 spiro atoms. The molecule has 0 aromatic carbocycles. The Hall–Kier alpha value is -1.36. The number of nitrogens with zero attached hydrogens (tertiary/aromatic N) is 3. The van der Waals surface area contributed by atoms with Crippen molar-refractivity contribution in [3.05, 3.63) is 17.5 Å². The first-order valence-electron chi connectivity index (χ1n) is 7.53. The zero-order valence-corrected chi connectivity index (χ0v) is 12.7. The first-order chi connectivity index (χ1) is 9.49. The molecule has 2 rings (SSSR count). The Morgan fingerprint density at radius 2 is 2.10 bits per heavy atom. The number of amides is 1. The average molecular weight is 279 g/mol. The van der Waals surface area contributed by atoms with Crippen LogP contribution < -0.4 is 0 Å². The van der Waals surface area contributed by atoms with Crippen molar-refractivity contribution in [2.45, 2.75) is 58.1 Å². The van der Waals surface area contributed by atoms with Crippen LogP contribution in [0, 0.1) is 0 Å². The van der Waals surface area contributed by atoms with Gasteiger partial charge in [-0.25, -0.2) is 0 Å². The molecule has 1 heterocycles. The van der Waals surface area contributed by atoms with Gasteiger partial charge in [0.2, 0.25) is 0 Å². The molecular formula is C15H25N3O2. The minimum absolute atomic E-state index is 0.0561. The maximum absolute atomic E-state index is 12.5. The van der Waals surface area contributed by atoms with E-state index in [1.54, 1.807) is 16.6 Å². The third kappa shape index (κ3) is 3.03. The van der Waals surface area contributed by atoms with Crippen LogP contribution in [0.25, 0.3) is 0 Å². The lowest BCUT2D eigenvalue weighted by Gasteiger charge is -2.28. The lowest BCUT2D eigenvalue weighted by atomic mass is 10.0. The summed E-state index contributed by atoms with van der Waals surface area (Å²) in [7, 11) is 1.76. The van der Waals surface area contributed by atoms with E-state index in [0.29, 0.717) is 18.8 Å². The van der Waals surface area contributed by atoms with E-state index in [0.717, 1.165) is 37.8 Å². The molecule has 112 valence electrons.